The summed E-state index contributed by atoms with van der Waals surface area (Å²) in [6, 6.07) is 4.12. The van der Waals surface area contributed by atoms with Gasteiger partial charge in [-0.1, -0.05) is 6.92 Å². The van der Waals surface area contributed by atoms with Gasteiger partial charge in [-0.15, -0.1) is 0 Å². The molecule has 0 aliphatic carbocycles. The summed E-state index contributed by atoms with van der Waals surface area (Å²) in [7, 11) is 2.82. The Kier molecular flexibility index (Phi) is 4.86. The molecule has 0 bridgehead atoms. The predicted octanol–water partition coefficient (Wildman–Crippen LogP) is 1.91. The second kappa shape index (κ2) is 6.17. The third kappa shape index (κ3) is 3.67. The quantitative estimate of drug-likeness (QED) is 0.886. The molecule has 0 aromatic heterocycles. The number of hydrogen-bond acceptors (Lipinski definition) is 3. The first-order valence-electron chi connectivity index (χ1n) is 5.69. The second-order valence-corrected chi connectivity index (χ2v) is 4.22. The van der Waals surface area contributed by atoms with Crippen molar-refractivity contribution in [2.45, 2.75) is 13.3 Å². The smallest absolute Gasteiger partial charge is 0.304 e. The molecule has 0 fully saturated rings. The minimum absolute atomic E-state index is 0.0863. The van der Waals surface area contributed by atoms with Crippen LogP contribution in [-0.4, -0.2) is 31.1 Å². The maximum Gasteiger partial charge on any atom is 0.304 e. The number of hydrogen-bond donors (Lipinski definition) is 1. The highest BCUT2D eigenvalue weighted by Crippen LogP contribution is 2.24. The van der Waals surface area contributed by atoms with Crippen LogP contribution in [0.4, 0.5) is 10.1 Å². The Bertz CT molecular complexity index is 490. The van der Waals surface area contributed by atoms with Gasteiger partial charge in [0.2, 0.25) is 5.91 Å². The Hall–Kier alpha value is -2.11. The van der Waals surface area contributed by atoms with E-state index in [1.807, 2.05) is 0 Å². The van der Waals surface area contributed by atoms with Gasteiger partial charge in [-0.2, -0.15) is 0 Å². The van der Waals surface area contributed by atoms with Crippen molar-refractivity contribution in [2.24, 2.45) is 5.92 Å². The largest absolute Gasteiger partial charge is 0.494 e. The molecule has 1 aromatic rings. The number of aliphatic carboxylic acids is 1. The van der Waals surface area contributed by atoms with E-state index in [-0.39, 0.29) is 18.1 Å². The zero-order valence-electron chi connectivity index (χ0n) is 11.0. The van der Waals surface area contributed by atoms with Crippen molar-refractivity contribution < 1.29 is 23.8 Å². The first-order chi connectivity index (χ1) is 8.86. The van der Waals surface area contributed by atoms with E-state index in [0.29, 0.717) is 5.69 Å². The Labute approximate surface area is 110 Å². The number of benzene rings is 1. The SMILES string of the molecule is COc1ccc(N(C)C(=O)C(C)CC(=O)O)cc1F. The number of carboxylic acids is 1. The highest BCUT2D eigenvalue weighted by Gasteiger charge is 2.21. The number of rotatable bonds is 5. The Morgan fingerprint density at radius 1 is 1.47 bits per heavy atom. The summed E-state index contributed by atoms with van der Waals surface area (Å²) in [5, 5.41) is 8.65. The van der Waals surface area contributed by atoms with Gasteiger partial charge < -0.3 is 14.7 Å². The third-order valence-corrected chi connectivity index (χ3v) is 2.76. The average molecular weight is 269 g/mol. The molecule has 1 atom stereocenters. The predicted molar refractivity (Wildman–Crippen MR) is 67.8 cm³/mol. The van der Waals surface area contributed by atoms with E-state index in [1.165, 1.54) is 44.2 Å². The van der Waals surface area contributed by atoms with Crippen molar-refractivity contribution in [3.05, 3.63) is 24.0 Å². The third-order valence-electron chi connectivity index (χ3n) is 2.76. The van der Waals surface area contributed by atoms with Crippen LogP contribution in [0, 0.1) is 11.7 Å². The average Bonchev–Trinajstić information content (AvgIpc) is 2.36. The van der Waals surface area contributed by atoms with Crippen LogP contribution in [0.2, 0.25) is 0 Å². The molecule has 0 spiro atoms. The summed E-state index contributed by atoms with van der Waals surface area (Å²) in [6.07, 6.45) is -0.262. The lowest BCUT2D eigenvalue weighted by Gasteiger charge is -2.21. The molecule has 1 aromatic carbocycles. The van der Waals surface area contributed by atoms with Crippen LogP contribution in [0.15, 0.2) is 18.2 Å². The summed E-state index contributed by atoms with van der Waals surface area (Å²) in [4.78, 5) is 23.7. The van der Waals surface area contributed by atoms with E-state index in [4.69, 9.17) is 9.84 Å². The molecule has 5 nitrogen and oxygen atoms in total. The van der Waals surface area contributed by atoms with Gasteiger partial charge in [0.15, 0.2) is 11.6 Å². The van der Waals surface area contributed by atoms with Gasteiger partial charge in [0, 0.05) is 24.7 Å². The number of halogens is 1. The first-order valence-corrected chi connectivity index (χ1v) is 5.69. The molecule has 1 amide bonds. The Balaban J connectivity index is 2.87. The van der Waals surface area contributed by atoms with E-state index in [1.54, 1.807) is 0 Å². The molecule has 1 N–H and O–H groups in total. The van der Waals surface area contributed by atoms with E-state index < -0.39 is 17.7 Å². The van der Waals surface area contributed by atoms with Crippen LogP contribution in [0.25, 0.3) is 0 Å². The van der Waals surface area contributed by atoms with Crippen LogP contribution in [0.3, 0.4) is 0 Å². The molecule has 1 unspecified atom stereocenters. The van der Waals surface area contributed by atoms with Gasteiger partial charge in [-0.05, 0) is 12.1 Å². The van der Waals surface area contributed by atoms with Crippen molar-refractivity contribution in [3.63, 3.8) is 0 Å². The number of ether oxygens (including phenoxy) is 1. The molecule has 104 valence electrons. The van der Waals surface area contributed by atoms with Crippen LogP contribution in [0.5, 0.6) is 5.75 Å². The highest BCUT2D eigenvalue weighted by molar-refractivity contribution is 5.95. The first kappa shape index (κ1) is 14.9. The van der Waals surface area contributed by atoms with Gasteiger partial charge >= 0.3 is 5.97 Å². The molecule has 0 aliphatic rings. The van der Waals surface area contributed by atoms with Crippen LogP contribution < -0.4 is 9.64 Å². The number of carbonyl (C=O) groups excluding carboxylic acids is 1. The lowest BCUT2D eigenvalue weighted by Crippen LogP contribution is -2.32. The molecular formula is C13H16FNO4. The van der Waals surface area contributed by atoms with Gasteiger partial charge in [0.05, 0.1) is 13.5 Å². The summed E-state index contributed by atoms with van der Waals surface area (Å²) in [5.41, 5.74) is 0.348. The van der Waals surface area contributed by atoms with Crippen molar-refractivity contribution in [2.75, 3.05) is 19.1 Å². The van der Waals surface area contributed by atoms with Gasteiger partial charge in [-0.3, -0.25) is 9.59 Å². The lowest BCUT2D eigenvalue weighted by atomic mass is 10.1. The molecule has 0 radical (unpaired) electrons. The maximum atomic E-state index is 13.5. The van der Waals surface area contributed by atoms with Gasteiger partial charge in [0.1, 0.15) is 0 Å². The highest BCUT2D eigenvalue weighted by atomic mass is 19.1. The molecule has 0 heterocycles. The summed E-state index contributed by atoms with van der Waals surface area (Å²) >= 11 is 0. The van der Waals surface area contributed by atoms with Crippen molar-refractivity contribution >= 4 is 17.6 Å². The van der Waals surface area contributed by atoms with Gasteiger partial charge in [-0.25, -0.2) is 4.39 Å². The minimum Gasteiger partial charge on any atom is -0.494 e. The van der Waals surface area contributed by atoms with Crippen LogP contribution in [-0.2, 0) is 9.59 Å². The monoisotopic (exact) mass is 269 g/mol. The maximum absolute atomic E-state index is 13.5. The molecular weight excluding hydrogens is 253 g/mol. The van der Waals surface area contributed by atoms with Crippen LogP contribution >= 0.6 is 0 Å². The van der Waals surface area contributed by atoms with E-state index in [2.05, 4.69) is 0 Å². The van der Waals surface area contributed by atoms with E-state index in [0.717, 1.165) is 0 Å². The minimum atomic E-state index is -1.05. The molecule has 0 aliphatic heterocycles. The van der Waals surface area contributed by atoms with Crippen molar-refractivity contribution in [3.8, 4) is 5.75 Å². The Morgan fingerprint density at radius 3 is 2.58 bits per heavy atom. The number of amides is 1. The molecule has 0 saturated heterocycles. The number of carboxylic acid groups (broad SMARTS) is 1. The summed E-state index contributed by atoms with van der Waals surface area (Å²) in [6.45, 7) is 1.52. The zero-order chi connectivity index (χ0) is 14.6. The van der Waals surface area contributed by atoms with Crippen molar-refractivity contribution in [1.29, 1.82) is 0 Å². The number of anilines is 1. The normalized spacial score (nSPS) is 11.8. The number of nitrogens with zero attached hydrogens (tertiary/aromatic N) is 1. The lowest BCUT2D eigenvalue weighted by molar-refractivity contribution is -0.140. The fourth-order valence-electron chi connectivity index (χ4n) is 1.67. The molecule has 0 saturated carbocycles. The fraction of sp³-hybridized carbons (Fsp3) is 0.385. The van der Waals surface area contributed by atoms with Gasteiger partial charge in [0.25, 0.3) is 0 Å². The molecule has 6 heteroatoms. The Morgan fingerprint density at radius 2 is 2.11 bits per heavy atom. The van der Waals surface area contributed by atoms with E-state index in [9.17, 15) is 14.0 Å². The number of methoxy groups -OCH3 is 1. The fourth-order valence-corrected chi connectivity index (χ4v) is 1.67. The second-order valence-electron chi connectivity index (χ2n) is 4.22. The van der Waals surface area contributed by atoms with Crippen LogP contribution in [0.1, 0.15) is 13.3 Å². The molecule has 19 heavy (non-hydrogen) atoms. The summed E-state index contributed by atoms with van der Waals surface area (Å²) < 4.78 is 18.3. The molecule has 1 rings (SSSR count). The summed E-state index contributed by atoms with van der Waals surface area (Å²) in [5.74, 6) is -2.59. The number of carbonyl (C=O) groups is 2. The standard InChI is InChI=1S/C13H16FNO4/c1-8(6-12(16)17)13(18)15(2)9-4-5-11(19-3)10(14)7-9/h4-5,7-8H,6H2,1-3H3,(H,16,17). The topological polar surface area (TPSA) is 66.8 Å². The van der Waals surface area contributed by atoms with E-state index >= 15 is 0 Å². The van der Waals surface area contributed by atoms with Crippen molar-refractivity contribution in [1.82, 2.24) is 0 Å². The zero-order valence-corrected chi connectivity index (χ0v) is 11.0.